The maximum Gasteiger partial charge on any atom is 0.230 e. The van der Waals surface area contributed by atoms with Gasteiger partial charge in [0.15, 0.2) is 0 Å². The first-order valence-corrected chi connectivity index (χ1v) is 9.66. The van der Waals surface area contributed by atoms with Crippen LogP contribution in [0.5, 0.6) is 0 Å². The molecule has 2 aromatic rings. The van der Waals surface area contributed by atoms with Gasteiger partial charge in [-0.05, 0) is 55.1 Å². The molecule has 0 bridgehead atoms. The number of hydrogen-bond donors (Lipinski definition) is 2. The van der Waals surface area contributed by atoms with Gasteiger partial charge in [-0.3, -0.25) is 9.69 Å². The highest BCUT2D eigenvalue weighted by molar-refractivity contribution is 5.93. The van der Waals surface area contributed by atoms with Crippen molar-refractivity contribution in [3.05, 3.63) is 65.7 Å². The molecular formula is C22H27N3O. The number of nitrogens with zero attached hydrogens (tertiary/aromatic N) is 1. The molecule has 0 aliphatic carbocycles. The highest BCUT2D eigenvalue weighted by Gasteiger charge is 2.32. The molecule has 2 heterocycles. The molecule has 2 aliphatic rings. The molecule has 0 atom stereocenters. The third-order valence-corrected chi connectivity index (χ3v) is 5.57. The predicted molar refractivity (Wildman–Crippen MR) is 105 cm³/mol. The van der Waals surface area contributed by atoms with Crippen molar-refractivity contribution in [1.29, 1.82) is 0 Å². The molecule has 0 saturated carbocycles. The topological polar surface area (TPSA) is 44.4 Å². The smallest absolute Gasteiger partial charge is 0.230 e. The summed E-state index contributed by atoms with van der Waals surface area (Å²) < 4.78 is 0. The average Bonchev–Trinajstić information content (AvgIpc) is 2.66. The Bertz CT molecular complexity index is 717. The van der Waals surface area contributed by atoms with Crippen LogP contribution in [0, 0.1) is 5.92 Å². The fourth-order valence-electron chi connectivity index (χ4n) is 3.94. The molecule has 4 rings (SSSR count). The van der Waals surface area contributed by atoms with Crippen LogP contribution < -0.4 is 10.6 Å². The van der Waals surface area contributed by atoms with Crippen molar-refractivity contribution in [2.75, 3.05) is 31.5 Å². The third kappa shape index (κ3) is 4.14. The lowest BCUT2D eigenvalue weighted by Crippen LogP contribution is -2.51. The first kappa shape index (κ1) is 17.3. The van der Waals surface area contributed by atoms with Crippen LogP contribution in [0.3, 0.4) is 0 Å². The third-order valence-electron chi connectivity index (χ3n) is 5.57. The molecule has 0 radical (unpaired) electrons. The van der Waals surface area contributed by atoms with E-state index in [1.807, 2.05) is 6.07 Å². The molecular weight excluding hydrogens is 322 g/mol. The van der Waals surface area contributed by atoms with Crippen molar-refractivity contribution < 1.29 is 4.79 Å². The molecule has 136 valence electrons. The zero-order chi connectivity index (χ0) is 17.8. The second kappa shape index (κ2) is 8.02. The molecule has 2 N–H and O–H groups in total. The maximum absolute atomic E-state index is 12.4. The van der Waals surface area contributed by atoms with Crippen LogP contribution in [0.15, 0.2) is 54.6 Å². The maximum atomic E-state index is 12.4. The molecule has 26 heavy (non-hydrogen) atoms. The normalized spacial score (nSPS) is 19.1. The van der Waals surface area contributed by atoms with E-state index < -0.39 is 0 Å². The van der Waals surface area contributed by atoms with E-state index in [0.717, 1.165) is 38.4 Å². The highest BCUT2D eigenvalue weighted by Crippen LogP contribution is 2.26. The number of amides is 1. The zero-order valence-corrected chi connectivity index (χ0v) is 15.2. The summed E-state index contributed by atoms with van der Waals surface area (Å²) in [6, 6.07) is 18.9. The van der Waals surface area contributed by atoms with Crippen molar-refractivity contribution in [2.24, 2.45) is 5.92 Å². The zero-order valence-electron chi connectivity index (χ0n) is 15.2. The molecule has 2 aromatic carbocycles. The van der Waals surface area contributed by atoms with E-state index in [1.165, 1.54) is 24.0 Å². The molecule has 2 fully saturated rings. The molecule has 4 heteroatoms. The Kier molecular flexibility index (Phi) is 5.32. The van der Waals surface area contributed by atoms with Gasteiger partial charge < -0.3 is 10.6 Å². The number of likely N-dealkylation sites (tertiary alicyclic amines) is 1. The lowest BCUT2D eigenvalue weighted by Gasteiger charge is -2.38. The second-order valence-electron chi connectivity index (χ2n) is 7.51. The summed E-state index contributed by atoms with van der Waals surface area (Å²) >= 11 is 0. The molecule has 4 nitrogen and oxygen atoms in total. The van der Waals surface area contributed by atoms with Crippen LogP contribution in [0.4, 0.5) is 5.69 Å². The predicted octanol–water partition coefficient (Wildman–Crippen LogP) is 3.22. The Morgan fingerprint density at radius 1 is 1.00 bits per heavy atom. The van der Waals surface area contributed by atoms with E-state index in [1.54, 1.807) is 0 Å². The van der Waals surface area contributed by atoms with Crippen molar-refractivity contribution in [1.82, 2.24) is 10.2 Å². The van der Waals surface area contributed by atoms with E-state index in [9.17, 15) is 4.79 Å². The molecule has 1 amide bonds. The number of benzene rings is 2. The fraction of sp³-hybridized carbons (Fsp3) is 0.409. The second-order valence-corrected chi connectivity index (χ2v) is 7.51. The van der Waals surface area contributed by atoms with E-state index in [0.29, 0.717) is 5.92 Å². The van der Waals surface area contributed by atoms with E-state index in [2.05, 4.69) is 64.1 Å². The molecule has 2 aliphatic heterocycles. The molecule has 2 saturated heterocycles. The quantitative estimate of drug-likeness (QED) is 0.871. The van der Waals surface area contributed by atoms with Crippen molar-refractivity contribution in [3.63, 3.8) is 0 Å². The van der Waals surface area contributed by atoms with Gasteiger partial charge in [-0.15, -0.1) is 0 Å². The molecule has 0 spiro atoms. The highest BCUT2D eigenvalue weighted by atomic mass is 16.2. The van der Waals surface area contributed by atoms with Gasteiger partial charge in [-0.1, -0.05) is 42.5 Å². The standard InChI is InChI=1S/C22H27N3O/c26-22(20-15-25(16-20)14-17-4-2-1-3-5-17)24-21-8-6-18(7-9-21)19-10-12-23-13-11-19/h1-9,19-20,23H,10-16H2,(H,24,26). The Morgan fingerprint density at radius 3 is 2.38 bits per heavy atom. The largest absolute Gasteiger partial charge is 0.326 e. The van der Waals surface area contributed by atoms with Crippen LogP contribution >= 0.6 is 0 Å². The molecule has 0 aromatic heterocycles. The number of hydrogen-bond acceptors (Lipinski definition) is 3. The minimum Gasteiger partial charge on any atom is -0.326 e. The minimum absolute atomic E-state index is 0.0998. The summed E-state index contributed by atoms with van der Waals surface area (Å²) in [6.07, 6.45) is 2.40. The van der Waals surface area contributed by atoms with Crippen molar-refractivity contribution >= 4 is 11.6 Å². The summed E-state index contributed by atoms with van der Waals surface area (Å²) in [7, 11) is 0. The Balaban J connectivity index is 1.25. The van der Waals surface area contributed by atoms with Crippen LogP contribution in [0.1, 0.15) is 29.9 Å². The SMILES string of the molecule is O=C(Nc1ccc(C2CCNCC2)cc1)C1CN(Cc2ccccc2)C1. The summed E-state index contributed by atoms with van der Waals surface area (Å²) in [6.45, 7) is 4.81. The first-order valence-electron chi connectivity index (χ1n) is 9.66. The number of carbonyl (C=O) groups is 1. The Labute approximate surface area is 155 Å². The number of anilines is 1. The summed E-state index contributed by atoms with van der Waals surface area (Å²) in [4.78, 5) is 14.8. The van der Waals surface area contributed by atoms with Gasteiger partial charge in [0.05, 0.1) is 5.92 Å². The minimum atomic E-state index is 0.0998. The number of carbonyl (C=O) groups excluding carboxylic acids is 1. The van der Waals surface area contributed by atoms with Gasteiger partial charge in [0.25, 0.3) is 0 Å². The lowest BCUT2D eigenvalue weighted by atomic mass is 9.90. The van der Waals surface area contributed by atoms with Gasteiger partial charge in [0, 0.05) is 25.3 Å². The van der Waals surface area contributed by atoms with E-state index in [4.69, 9.17) is 0 Å². The number of piperidine rings is 1. The summed E-state index contributed by atoms with van der Waals surface area (Å²) in [5.41, 5.74) is 3.61. The number of nitrogens with one attached hydrogen (secondary N) is 2. The van der Waals surface area contributed by atoms with Gasteiger partial charge in [0.2, 0.25) is 5.91 Å². The van der Waals surface area contributed by atoms with E-state index >= 15 is 0 Å². The van der Waals surface area contributed by atoms with Crippen LogP contribution in [-0.4, -0.2) is 37.0 Å². The van der Waals surface area contributed by atoms with E-state index in [-0.39, 0.29) is 11.8 Å². The van der Waals surface area contributed by atoms with Gasteiger partial charge >= 0.3 is 0 Å². The first-order chi connectivity index (χ1) is 12.8. The Morgan fingerprint density at radius 2 is 1.69 bits per heavy atom. The van der Waals surface area contributed by atoms with Gasteiger partial charge in [-0.2, -0.15) is 0 Å². The summed E-state index contributed by atoms with van der Waals surface area (Å²) in [5, 5.41) is 6.49. The van der Waals surface area contributed by atoms with Crippen LogP contribution in [0.25, 0.3) is 0 Å². The van der Waals surface area contributed by atoms with Crippen LogP contribution in [-0.2, 0) is 11.3 Å². The van der Waals surface area contributed by atoms with Gasteiger partial charge in [-0.25, -0.2) is 0 Å². The van der Waals surface area contributed by atoms with Gasteiger partial charge in [0.1, 0.15) is 0 Å². The summed E-state index contributed by atoms with van der Waals surface area (Å²) in [5.74, 6) is 0.894. The lowest BCUT2D eigenvalue weighted by molar-refractivity contribution is -0.125. The fourth-order valence-corrected chi connectivity index (χ4v) is 3.94. The van der Waals surface area contributed by atoms with Crippen LogP contribution in [0.2, 0.25) is 0 Å². The van der Waals surface area contributed by atoms with Crippen molar-refractivity contribution in [2.45, 2.75) is 25.3 Å². The monoisotopic (exact) mass is 349 g/mol. The Hall–Kier alpha value is -2.17. The van der Waals surface area contributed by atoms with Crippen molar-refractivity contribution in [3.8, 4) is 0 Å². The number of rotatable bonds is 5. The molecule has 0 unspecified atom stereocenters. The average molecular weight is 349 g/mol.